The first-order chi connectivity index (χ1) is 13.1. The van der Waals surface area contributed by atoms with Gasteiger partial charge in [-0.05, 0) is 48.5 Å². The maximum atomic E-state index is 13.5. The molecular weight excluding hydrogens is 407 g/mol. The Hall–Kier alpha value is -2.27. The first-order valence-electron chi connectivity index (χ1n) is 8.14. The standard InChI is InChI=1S/C18H21FN2O5S2/c1-21(2)28(24,25)17-8-6-15(7-9-17)26-16-4-3-5-18(12-16)27(22,23)13-14(19)10-11-20/h3-10,12H,11,13,20H2,1-2H3/b14-10-. The van der Waals surface area contributed by atoms with Crippen molar-refractivity contribution in [2.45, 2.75) is 9.79 Å². The minimum absolute atomic E-state index is 0.0932. The maximum absolute atomic E-state index is 13.5. The quantitative estimate of drug-likeness (QED) is 0.692. The van der Waals surface area contributed by atoms with Crippen LogP contribution in [-0.2, 0) is 19.9 Å². The third kappa shape index (κ3) is 5.38. The van der Waals surface area contributed by atoms with E-state index < -0.39 is 31.4 Å². The average Bonchev–Trinajstić information content (AvgIpc) is 2.62. The molecule has 10 heteroatoms. The molecule has 2 N–H and O–H groups in total. The Morgan fingerprint density at radius 1 is 1.04 bits per heavy atom. The van der Waals surface area contributed by atoms with Crippen LogP contribution in [0.1, 0.15) is 0 Å². The summed E-state index contributed by atoms with van der Waals surface area (Å²) in [5, 5.41) is 0. The van der Waals surface area contributed by atoms with Gasteiger partial charge in [-0.1, -0.05) is 6.07 Å². The number of sulfone groups is 1. The molecule has 0 saturated carbocycles. The van der Waals surface area contributed by atoms with Gasteiger partial charge in [-0.2, -0.15) is 0 Å². The van der Waals surface area contributed by atoms with Crippen LogP contribution in [0, 0.1) is 0 Å². The molecule has 152 valence electrons. The van der Waals surface area contributed by atoms with Crippen molar-refractivity contribution in [3.05, 3.63) is 60.4 Å². The lowest BCUT2D eigenvalue weighted by molar-refractivity contribution is 0.479. The average molecular weight is 429 g/mol. The van der Waals surface area contributed by atoms with E-state index in [9.17, 15) is 21.2 Å². The summed E-state index contributed by atoms with van der Waals surface area (Å²) in [7, 11) is -4.60. The second-order valence-electron chi connectivity index (χ2n) is 5.98. The van der Waals surface area contributed by atoms with Gasteiger partial charge in [0, 0.05) is 20.6 Å². The minimum atomic E-state index is -3.90. The Balaban J connectivity index is 2.23. The SMILES string of the molecule is CN(C)S(=O)(=O)c1ccc(Oc2cccc(S(=O)(=O)C/C(F)=C/CN)c2)cc1. The predicted octanol–water partition coefficient (Wildman–Crippen LogP) is 2.32. The fraction of sp³-hybridized carbons (Fsp3) is 0.222. The number of hydrogen-bond acceptors (Lipinski definition) is 6. The van der Waals surface area contributed by atoms with Crippen LogP contribution < -0.4 is 10.5 Å². The zero-order valence-corrected chi connectivity index (χ0v) is 17.0. The molecule has 2 aromatic rings. The summed E-state index contributed by atoms with van der Waals surface area (Å²) >= 11 is 0. The summed E-state index contributed by atoms with van der Waals surface area (Å²) in [5.74, 6) is -1.08. The number of sulfonamides is 1. The molecule has 28 heavy (non-hydrogen) atoms. The molecule has 0 heterocycles. The van der Waals surface area contributed by atoms with Crippen molar-refractivity contribution in [1.82, 2.24) is 4.31 Å². The van der Waals surface area contributed by atoms with E-state index in [1.54, 1.807) is 0 Å². The first-order valence-corrected chi connectivity index (χ1v) is 11.2. The van der Waals surface area contributed by atoms with Crippen molar-refractivity contribution in [2.24, 2.45) is 5.73 Å². The second kappa shape index (κ2) is 8.82. The summed E-state index contributed by atoms with van der Waals surface area (Å²) in [5.41, 5.74) is 5.18. The van der Waals surface area contributed by atoms with Gasteiger partial charge in [0.1, 0.15) is 23.1 Å². The molecule has 0 radical (unpaired) electrons. The van der Waals surface area contributed by atoms with Gasteiger partial charge < -0.3 is 10.5 Å². The van der Waals surface area contributed by atoms with E-state index in [1.807, 2.05) is 0 Å². The lowest BCUT2D eigenvalue weighted by atomic mass is 10.3. The summed E-state index contributed by atoms with van der Waals surface area (Å²) in [4.78, 5) is 0.000668. The van der Waals surface area contributed by atoms with E-state index in [0.29, 0.717) is 5.75 Å². The van der Waals surface area contributed by atoms with Crippen molar-refractivity contribution in [1.29, 1.82) is 0 Å². The Kier molecular flexibility index (Phi) is 6.94. The van der Waals surface area contributed by atoms with Gasteiger partial charge >= 0.3 is 0 Å². The maximum Gasteiger partial charge on any atom is 0.242 e. The van der Waals surface area contributed by atoms with Gasteiger partial charge in [-0.3, -0.25) is 0 Å². The topological polar surface area (TPSA) is 107 Å². The van der Waals surface area contributed by atoms with Crippen LogP contribution in [0.15, 0.2) is 70.2 Å². The molecule has 0 aliphatic rings. The molecule has 0 spiro atoms. The van der Waals surface area contributed by atoms with Crippen molar-refractivity contribution in [3.63, 3.8) is 0 Å². The third-order valence-corrected chi connectivity index (χ3v) is 7.13. The van der Waals surface area contributed by atoms with Crippen LogP contribution in [0.5, 0.6) is 11.5 Å². The highest BCUT2D eigenvalue weighted by Gasteiger charge is 2.19. The zero-order valence-electron chi connectivity index (χ0n) is 15.4. The van der Waals surface area contributed by atoms with E-state index in [4.69, 9.17) is 10.5 Å². The van der Waals surface area contributed by atoms with Crippen LogP contribution in [-0.4, -0.2) is 47.5 Å². The highest BCUT2D eigenvalue weighted by Crippen LogP contribution is 2.26. The molecule has 0 unspecified atom stereocenters. The second-order valence-corrected chi connectivity index (χ2v) is 10.1. The van der Waals surface area contributed by atoms with E-state index >= 15 is 0 Å². The molecule has 2 aromatic carbocycles. The lowest BCUT2D eigenvalue weighted by Gasteiger charge is -2.12. The smallest absolute Gasteiger partial charge is 0.242 e. The van der Waals surface area contributed by atoms with Crippen molar-refractivity contribution in [2.75, 3.05) is 26.4 Å². The Labute approximate surface area is 164 Å². The fourth-order valence-electron chi connectivity index (χ4n) is 2.21. The van der Waals surface area contributed by atoms with Gasteiger partial charge in [-0.25, -0.2) is 25.5 Å². The van der Waals surface area contributed by atoms with Gasteiger partial charge in [-0.15, -0.1) is 0 Å². The molecule has 0 aromatic heterocycles. The van der Waals surface area contributed by atoms with Crippen LogP contribution in [0.25, 0.3) is 0 Å². The summed E-state index contributed by atoms with van der Waals surface area (Å²) in [6, 6.07) is 11.3. The Morgan fingerprint density at radius 3 is 2.25 bits per heavy atom. The van der Waals surface area contributed by atoms with Gasteiger partial charge in [0.2, 0.25) is 10.0 Å². The molecular formula is C18H21FN2O5S2. The van der Waals surface area contributed by atoms with E-state index in [-0.39, 0.29) is 22.1 Å². The normalized spacial score (nSPS) is 13.0. The van der Waals surface area contributed by atoms with E-state index in [1.165, 1.54) is 62.6 Å². The number of benzene rings is 2. The minimum Gasteiger partial charge on any atom is -0.457 e. The molecule has 0 aliphatic carbocycles. The van der Waals surface area contributed by atoms with E-state index in [0.717, 1.165) is 10.4 Å². The monoisotopic (exact) mass is 428 g/mol. The van der Waals surface area contributed by atoms with Crippen LogP contribution in [0.2, 0.25) is 0 Å². The lowest BCUT2D eigenvalue weighted by Crippen LogP contribution is -2.22. The summed E-state index contributed by atoms with van der Waals surface area (Å²) in [6.07, 6.45) is 1.00. The molecule has 0 saturated heterocycles. The molecule has 2 rings (SSSR count). The number of hydrogen-bond donors (Lipinski definition) is 1. The highest BCUT2D eigenvalue weighted by molar-refractivity contribution is 7.91. The molecule has 7 nitrogen and oxygen atoms in total. The van der Waals surface area contributed by atoms with Crippen molar-refractivity contribution >= 4 is 19.9 Å². The van der Waals surface area contributed by atoms with E-state index in [2.05, 4.69) is 0 Å². The molecule has 0 aliphatic heterocycles. The number of rotatable bonds is 8. The van der Waals surface area contributed by atoms with Gasteiger partial charge in [0.15, 0.2) is 9.84 Å². The van der Waals surface area contributed by atoms with Crippen molar-refractivity contribution < 1.29 is 26.0 Å². The number of nitrogens with two attached hydrogens (primary N) is 1. The first kappa shape index (κ1) is 22.0. The van der Waals surface area contributed by atoms with Crippen molar-refractivity contribution in [3.8, 4) is 11.5 Å². The predicted molar refractivity (Wildman–Crippen MR) is 104 cm³/mol. The third-order valence-electron chi connectivity index (χ3n) is 3.67. The summed E-state index contributed by atoms with van der Waals surface area (Å²) in [6.45, 7) is -0.0932. The van der Waals surface area contributed by atoms with Gasteiger partial charge in [0.25, 0.3) is 0 Å². The molecule has 0 amide bonds. The molecule has 0 fully saturated rings. The van der Waals surface area contributed by atoms with Crippen LogP contribution in [0.4, 0.5) is 4.39 Å². The highest BCUT2D eigenvalue weighted by atomic mass is 32.2. The van der Waals surface area contributed by atoms with Crippen LogP contribution >= 0.6 is 0 Å². The number of ether oxygens (including phenoxy) is 1. The Morgan fingerprint density at radius 2 is 1.68 bits per heavy atom. The molecule has 0 bridgehead atoms. The molecule has 0 atom stereocenters. The summed E-state index contributed by atoms with van der Waals surface area (Å²) < 4.78 is 68.9. The zero-order chi connectivity index (χ0) is 20.9. The largest absolute Gasteiger partial charge is 0.457 e. The number of halogens is 1. The van der Waals surface area contributed by atoms with Crippen LogP contribution in [0.3, 0.4) is 0 Å². The van der Waals surface area contributed by atoms with Gasteiger partial charge in [0.05, 0.1) is 9.79 Å². The Bertz CT molecular complexity index is 1060. The number of nitrogens with zero attached hydrogens (tertiary/aromatic N) is 1. The fourth-order valence-corrected chi connectivity index (χ4v) is 4.34.